The van der Waals surface area contributed by atoms with E-state index in [1.54, 1.807) is 31.2 Å². The van der Waals surface area contributed by atoms with Gasteiger partial charge in [0.05, 0.1) is 6.42 Å². The zero-order chi connectivity index (χ0) is 19.3. The number of rotatable bonds is 7. The maximum Gasteiger partial charge on any atom is 0.307 e. The molecule has 0 saturated heterocycles. The number of benzene rings is 1. The Balaban J connectivity index is 1.83. The van der Waals surface area contributed by atoms with E-state index < -0.39 is 35.2 Å². The second-order valence-electron chi connectivity index (χ2n) is 6.35. The highest BCUT2D eigenvalue weighted by Crippen LogP contribution is 2.36. The molecule has 0 aromatic heterocycles. The molecule has 1 amide bonds. The smallest absolute Gasteiger partial charge is 0.307 e. The van der Waals surface area contributed by atoms with Crippen LogP contribution in [-0.2, 0) is 19.1 Å². The van der Waals surface area contributed by atoms with Gasteiger partial charge < -0.3 is 10.1 Å². The van der Waals surface area contributed by atoms with E-state index in [0.29, 0.717) is 10.7 Å². The number of carbonyl (C=O) groups is 3. The lowest BCUT2D eigenvalue weighted by Crippen LogP contribution is -2.28. The van der Waals surface area contributed by atoms with Crippen molar-refractivity contribution in [2.45, 2.75) is 19.8 Å². The third-order valence-electron chi connectivity index (χ3n) is 4.42. The van der Waals surface area contributed by atoms with Crippen LogP contribution in [0.1, 0.15) is 19.8 Å². The van der Waals surface area contributed by atoms with Crippen LogP contribution in [0.4, 0.5) is 5.69 Å². The van der Waals surface area contributed by atoms with Crippen molar-refractivity contribution in [1.29, 1.82) is 0 Å². The molecule has 0 spiro atoms. The number of Topliss-reactive ketones (excluding diaryl/α,β-unsaturated/α-hetero) is 1. The number of nitrogens with zero attached hydrogens (tertiary/aromatic N) is 1. The topological polar surface area (TPSA) is 116 Å². The lowest BCUT2D eigenvalue weighted by molar-refractivity contribution is -0.490. The molecule has 0 heterocycles. The first-order valence-electron chi connectivity index (χ1n) is 8.11. The molecule has 1 saturated carbocycles. The zero-order valence-corrected chi connectivity index (χ0v) is 14.9. The summed E-state index contributed by atoms with van der Waals surface area (Å²) in [5.74, 6) is -2.81. The first kappa shape index (κ1) is 19.8. The standard InChI is InChI=1S/C17H19ClN2O6/c1-10-6-15(21)13(14(10)8-20(24)25)7-17(23)26-9-16(22)19-12-4-2-11(18)3-5-12/h2-5,10,13-14H,6-9H2,1H3,(H,19,22)/t10-,13+,14+/m0/s1. The van der Waals surface area contributed by atoms with E-state index in [-0.39, 0.29) is 31.1 Å². The van der Waals surface area contributed by atoms with Crippen molar-refractivity contribution in [1.82, 2.24) is 0 Å². The van der Waals surface area contributed by atoms with Crippen molar-refractivity contribution in [3.8, 4) is 0 Å². The molecule has 1 N–H and O–H groups in total. The molecule has 26 heavy (non-hydrogen) atoms. The average molecular weight is 383 g/mol. The maximum atomic E-state index is 12.0. The lowest BCUT2D eigenvalue weighted by Gasteiger charge is -2.17. The van der Waals surface area contributed by atoms with Gasteiger partial charge in [-0.1, -0.05) is 18.5 Å². The number of ether oxygens (including phenoxy) is 1. The van der Waals surface area contributed by atoms with Crippen molar-refractivity contribution in [2.24, 2.45) is 17.8 Å². The second-order valence-corrected chi connectivity index (χ2v) is 6.79. The summed E-state index contributed by atoms with van der Waals surface area (Å²) in [6.07, 6.45) is -0.0383. The average Bonchev–Trinajstić information content (AvgIpc) is 2.81. The number of carbonyl (C=O) groups excluding carboxylic acids is 3. The molecule has 0 aliphatic heterocycles. The van der Waals surface area contributed by atoms with Gasteiger partial charge in [-0.3, -0.25) is 24.5 Å². The molecule has 1 aromatic carbocycles. The molecule has 1 aliphatic rings. The summed E-state index contributed by atoms with van der Waals surface area (Å²) < 4.78 is 4.90. The molecule has 9 heteroatoms. The van der Waals surface area contributed by atoms with Crippen molar-refractivity contribution >= 4 is 34.9 Å². The molecule has 140 valence electrons. The Morgan fingerprint density at radius 1 is 1.35 bits per heavy atom. The zero-order valence-electron chi connectivity index (χ0n) is 14.1. The van der Waals surface area contributed by atoms with Crippen molar-refractivity contribution in [2.75, 3.05) is 18.5 Å². The van der Waals surface area contributed by atoms with Crippen LogP contribution in [0.25, 0.3) is 0 Å². The van der Waals surface area contributed by atoms with E-state index in [1.165, 1.54) is 0 Å². The van der Waals surface area contributed by atoms with E-state index >= 15 is 0 Å². The predicted octanol–water partition coefficient (Wildman–Crippen LogP) is 2.33. The molecule has 3 atom stereocenters. The molecule has 0 unspecified atom stereocenters. The fourth-order valence-electron chi connectivity index (χ4n) is 3.11. The molecule has 2 rings (SSSR count). The van der Waals surface area contributed by atoms with Crippen LogP contribution < -0.4 is 5.32 Å². The minimum atomic E-state index is -0.734. The third-order valence-corrected chi connectivity index (χ3v) is 4.68. The SMILES string of the molecule is C[C@H]1CC(=O)[C@H](CC(=O)OCC(=O)Nc2ccc(Cl)cc2)[C@@H]1C[N+](=O)[O-]. The van der Waals surface area contributed by atoms with Gasteiger partial charge in [-0.2, -0.15) is 0 Å². The molecule has 1 aromatic rings. The van der Waals surface area contributed by atoms with Crippen LogP contribution in [-0.4, -0.2) is 35.7 Å². The number of hydrogen-bond donors (Lipinski definition) is 1. The van der Waals surface area contributed by atoms with Crippen molar-refractivity contribution in [3.63, 3.8) is 0 Å². The van der Waals surface area contributed by atoms with E-state index in [1.807, 2.05) is 0 Å². The first-order valence-corrected chi connectivity index (χ1v) is 8.49. The van der Waals surface area contributed by atoms with Gasteiger partial charge in [-0.25, -0.2) is 0 Å². The number of nitro groups is 1. The Labute approximate surface area is 155 Å². The van der Waals surface area contributed by atoms with Gasteiger partial charge in [-0.05, 0) is 30.2 Å². The number of ketones is 1. The minimum absolute atomic E-state index is 0.154. The van der Waals surface area contributed by atoms with Gasteiger partial charge >= 0.3 is 5.97 Å². The summed E-state index contributed by atoms with van der Waals surface area (Å²) in [5.41, 5.74) is 0.501. The van der Waals surface area contributed by atoms with E-state index in [2.05, 4.69) is 5.32 Å². The molecular weight excluding hydrogens is 364 g/mol. The molecule has 1 aliphatic carbocycles. The largest absolute Gasteiger partial charge is 0.456 e. The predicted molar refractivity (Wildman–Crippen MR) is 93.3 cm³/mol. The number of esters is 1. The Hall–Kier alpha value is -2.48. The summed E-state index contributed by atoms with van der Waals surface area (Å²) >= 11 is 5.75. The molecule has 1 fully saturated rings. The van der Waals surface area contributed by atoms with Crippen LogP contribution in [0.5, 0.6) is 0 Å². The molecule has 0 bridgehead atoms. The quantitative estimate of drug-likeness (QED) is 0.439. The first-order chi connectivity index (χ1) is 12.3. The molecule has 8 nitrogen and oxygen atoms in total. The molecule has 0 radical (unpaired) electrons. The van der Waals surface area contributed by atoms with Crippen molar-refractivity contribution < 1.29 is 24.0 Å². The molecular formula is C17H19ClN2O6. The number of halogens is 1. The van der Waals surface area contributed by atoms with E-state index in [0.717, 1.165) is 0 Å². The van der Waals surface area contributed by atoms with Gasteiger partial charge in [0.2, 0.25) is 6.54 Å². The summed E-state index contributed by atoms with van der Waals surface area (Å²) in [5, 5.41) is 13.8. The van der Waals surface area contributed by atoms with Crippen molar-refractivity contribution in [3.05, 3.63) is 39.4 Å². The number of hydrogen-bond acceptors (Lipinski definition) is 6. The summed E-state index contributed by atoms with van der Waals surface area (Å²) in [6, 6.07) is 6.41. The number of anilines is 1. The second kappa shape index (κ2) is 8.75. The minimum Gasteiger partial charge on any atom is -0.456 e. The highest BCUT2D eigenvalue weighted by atomic mass is 35.5. The van der Waals surface area contributed by atoms with Crippen LogP contribution >= 0.6 is 11.6 Å². The number of nitrogens with one attached hydrogen (secondary N) is 1. The van der Waals surface area contributed by atoms with E-state index in [9.17, 15) is 24.5 Å². The normalized spacial score (nSPS) is 22.1. The van der Waals surface area contributed by atoms with Gasteiger partial charge in [0, 0.05) is 33.9 Å². The van der Waals surface area contributed by atoms with E-state index in [4.69, 9.17) is 16.3 Å². The highest BCUT2D eigenvalue weighted by Gasteiger charge is 2.44. The highest BCUT2D eigenvalue weighted by molar-refractivity contribution is 6.30. The van der Waals surface area contributed by atoms with Crippen LogP contribution in [0.2, 0.25) is 5.02 Å². The Kier molecular flexibility index (Phi) is 6.68. The summed E-state index contributed by atoms with van der Waals surface area (Å²) in [7, 11) is 0. The Bertz CT molecular complexity index is 706. The van der Waals surface area contributed by atoms with Gasteiger partial charge in [0.25, 0.3) is 5.91 Å². The fraction of sp³-hybridized carbons (Fsp3) is 0.471. The van der Waals surface area contributed by atoms with Crippen LogP contribution in [0, 0.1) is 27.9 Å². The lowest BCUT2D eigenvalue weighted by atomic mass is 9.88. The van der Waals surface area contributed by atoms with Gasteiger partial charge in [0.15, 0.2) is 6.61 Å². The summed E-state index contributed by atoms with van der Waals surface area (Å²) in [6.45, 7) is 0.899. The Morgan fingerprint density at radius 3 is 2.62 bits per heavy atom. The fourth-order valence-corrected chi connectivity index (χ4v) is 3.24. The maximum absolute atomic E-state index is 12.0. The summed E-state index contributed by atoms with van der Waals surface area (Å²) in [4.78, 5) is 46.0. The Morgan fingerprint density at radius 2 is 2.00 bits per heavy atom. The number of amides is 1. The van der Waals surface area contributed by atoms with Crippen LogP contribution in [0.15, 0.2) is 24.3 Å². The monoisotopic (exact) mass is 382 g/mol. The third kappa shape index (κ3) is 5.52. The van der Waals surface area contributed by atoms with Gasteiger partial charge in [0.1, 0.15) is 5.78 Å². The van der Waals surface area contributed by atoms with Gasteiger partial charge in [-0.15, -0.1) is 0 Å². The van der Waals surface area contributed by atoms with Crippen LogP contribution in [0.3, 0.4) is 0 Å².